The number of carbonyl (C=O) groups excluding carboxylic acids is 2. The van der Waals surface area contributed by atoms with Gasteiger partial charge in [0.15, 0.2) is 11.5 Å². The van der Waals surface area contributed by atoms with Crippen LogP contribution in [0.15, 0.2) is 12.1 Å². The SMILES string of the molecule is COC(=O)N1c2c(ccc3c2OCO3)[C@@]23C4CN5CCCC6(CCC12[C@](O)(C6)OC4=O)[C@H]53. The van der Waals surface area contributed by atoms with E-state index in [-0.39, 0.29) is 24.2 Å². The maximum atomic E-state index is 13.5. The molecule has 1 N–H and O–H groups in total. The molecule has 8 aliphatic rings. The molecule has 1 amide bonds. The van der Waals surface area contributed by atoms with Crippen molar-refractivity contribution >= 4 is 17.7 Å². The number of fused-ring (bicyclic) bond motifs is 4. The average molecular weight is 440 g/mol. The molecule has 3 aliphatic carbocycles. The molecule has 3 unspecified atom stereocenters. The molecule has 1 aromatic rings. The topological polar surface area (TPSA) is 97.8 Å². The second kappa shape index (κ2) is 5.02. The number of esters is 1. The van der Waals surface area contributed by atoms with Crippen molar-refractivity contribution in [2.45, 2.75) is 54.9 Å². The highest BCUT2D eigenvalue weighted by Gasteiger charge is 2.91. The monoisotopic (exact) mass is 440 g/mol. The average Bonchev–Trinajstić information content (AvgIpc) is 3.45. The van der Waals surface area contributed by atoms with E-state index in [1.54, 1.807) is 4.90 Å². The van der Waals surface area contributed by atoms with E-state index in [1.807, 2.05) is 12.1 Å². The van der Waals surface area contributed by atoms with E-state index in [0.29, 0.717) is 36.6 Å². The van der Waals surface area contributed by atoms with Gasteiger partial charge in [0.05, 0.1) is 24.1 Å². The molecule has 32 heavy (non-hydrogen) atoms. The van der Waals surface area contributed by atoms with Gasteiger partial charge in [-0.05, 0) is 49.3 Å². The molecule has 5 aliphatic heterocycles. The fourth-order valence-corrected chi connectivity index (χ4v) is 9.34. The Labute approximate surface area is 184 Å². The molecule has 9 rings (SSSR count). The summed E-state index contributed by atoms with van der Waals surface area (Å²) in [6, 6.07) is 3.89. The summed E-state index contributed by atoms with van der Waals surface area (Å²) in [5.74, 6) is -1.60. The molecule has 9 nitrogen and oxygen atoms in total. The van der Waals surface area contributed by atoms with Gasteiger partial charge in [-0.2, -0.15) is 0 Å². The molecule has 6 atom stereocenters. The first-order chi connectivity index (χ1) is 15.4. The number of anilines is 1. The largest absolute Gasteiger partial charge is 0.454 e. The predicted octanol–water partition coefficient (Wildman–Crippen LogP) is 1.50. The van der Waals surface area contributed by atoms with Crippen LogP contribution in [0.4, 0.5) is 10.5 Å². The highest BCUT2D eigenvalue weighted by molar-refractivity contribution is 6.00. The summed E-state index contributed by atoms with van der Waals surface area (Å²) in [5, 5.41) is 12.2. The Morgan fingerprint density at radius 2 is 2.12 bits per heavy atom. The van der Waals surface area contributed by atoms with Crippen LogP contribution in [0.2, 0.25) is 0 Å². The summed E-state index contributed by atoms with van der Waals surface area (Å²) >= 11 is 0. The minimum atomic E-state index is -1.79. The molecule has 6 fully saturated rings. The number of amides is 1. The van der Waals surface area contributed by atoms with Gasteiger partial charge in [-0.25, -0.2) is 4.79 Å². The zero-order chi connectivity index (χ0) is 21.7. The Balaban J connectivity index is 1.55. The highest BCUT2D eigenvalue weighted by atomic mass is 16.7. The number of carbonyl (C=O) groups is 2. The molecular weight excluding hydrogens is 416 g/mol. The fraction of sp³-hybridized carbons (Fsp3) is 0.652. The molecule has 1 aromatic carbocycles. The van der Waals surface area contributed by atoms with Gasteiger partial charge in [0.2, 0.25) is 12.6 Å². The van der Waals surface area contributed by atoms with Crippen molar-refractivity contribution in [2.75, 3.05) is 31.9 Å². The van der Waals surface area contributed by atoms with E-state index in [0.717, 1.165) is 31.4 Å². The lowest BCUT2D eigenvalue weighted by Gasteiger charge is -2.73. The predicted molar refractivity (Wildman–Crippen MR) is 107 cm³/mol. The lowest BCUT2D eigenvalue weighted by Crippen LogP contribution is -2.88. The summed E-state index contributed by atoms with van der Waals surface area (Å²) < 4.78 is 22.8. The van der Waals surface area contributed by atoms with Crippen molar-refractivity contribution in [2.24, 2.45) is 11.3 Å². The standard InChI is InChI=1S/C23H24N2O7/c1-29-19(27)25-15-12(3-4-14-16(15)31-11-30-14)23-13-9-24-8-2-5-20(18(23)24)6-7-21(23,25)22(28,10-20)32-17(13)26/h3-4,13,18,28H,2,5-11H2,1H3/t13?,18-,20?,21?,22-,23-/m0/s1. The zero-order valence-electron chi connectivity index (χ0n) is 17.8. The van der Waals surface area contributed by atoms with Gasteiger partial charge < -0.3 is 24.1 Å². The Kier molecular flexibility index (Phi) is 2.82. The van der Waals surface area contributed by atoms with Crippen molar-refractivity contribution in [3.05, 3.63) is 17.7 Å². The van der Waals surface area contributed by atoms with E-state index >= 15 is 0 Å². The second-order valence-corrected chi connectivity index (χ2v) is 10.5. The summed E-state index contributed by atoms with van der Waals surface area (Å²) in [4.78, 5) is 31.0. The maximum absolute atomic E-state index is 13.5. The van der Waals surface area contributed by atoms with E-state index in [4.69, 9.17) is 18.9 Å². The molecule has 0 aromatic heterocycles. The Bertz CT molecular complexity index is 1140. The van der Waals surface area contributed by atoms with Crippen molar-refractivity contribution < 1.29 is 33.6 Å². The number of piperidine rings is 1. The van der Waals surface area contributed by atoms with Gasteiger partial charge in [-0.15, -0.1) is 0 Å². The Morgan fingerprint density at radius 3 is 2.97 bits per heavy atom. The third-order valence-corrected chi connectivity index (χ3v) is 9.85. The minimum absolute atomic E-state index is 0.0457. The van der Waals surface area contributed by atoms with Gasteiger partial charge in [0, 0.05) is 19.0 Å². The zero-order valence-corrected chi connectivity index (χ0v) is 17.8. The van der Waals surface area contributed by atoms with Gasteiger partial charge in [0.25, 0.3) is 0 Å². The summed E-state index contributed by atoms with van der Waals surface area (Å²) in [6.07, 6.45) is 3.18. The van der Waals surface area contributed by atoms with Crippen LogP contribution in [0.25, 0.3) is 0 Å². The number of benzene rings is 1. The first kappa shape index (κ1) is 18.0. The summed E-state index contributed by atoms with van der Waals surface area (Å²) in [6.45, 7) is 1.54. The molecule has 3 spiro atoms. The first-order valence-corrected chi connectivity index (χ1v) is 11.4. The smallest absolute Gasteiger partial charge is 0.414 e. The van der Waals surface area contributed by atoms with Crippen LogP contribution in [0, 0.1) is 11.3 Å². The fourth-order valence-electron chi connectivity index (χ4n) is 9.34. The van der Waals surface area contributed by atoms with Crippen LogP contribution in [0.3, 0.4) is 0 Å². The van der Waals surface area contributed by atoms with E-state index in [2.05, 4.69) is 4.90 Å². The van der Waals surface area contributed by atoms with Gasteiger partial charge >= 0.3 is 12.1 Å². The molecule has 3 saturated carbocycles. The van der Waals surface area contributed by atoms with E-state index in [1.165, 1.54) is 7.11 Å². The summed E-state index contributed by atoms with van der Waals surface area (Å²) in [5.41, 5.74) is -0.639. The molecule has 9 heteroatoms. The maximum Gasteiger partial charge on any atom is 0.414 e. The third-order valence-electron chi connectivity index (χ3n) is 9.85. The molecule has 168 valence electrons. The molecule has 0 radical (unpaired) electrons. The Hall–Kier alpha value is -2.52. The summed E-state index contributed by atoms with van der Waals surface area (Å²) in [7, 11) is 1.34. The molecule has 3 saturated heterocycles. The van der Waals surface area contributed by atoms with Gasteiger partial charge in [-0.3, -0.25) is 14.6 Å². The van der Waals surface area contributed by atoms with E-state index in [9.17, 15) is 14.7 Å². The lowest BCUT2D eigenvalue weighted by atomic mass is 9.37. The first-order valence-electron chi connectivity index (χ1n) is 11.4. The van der Waals surface area contributed by atoms with Crippen LogP contribution in [0.5, 0.6) is 11.5 Å². The van der Waals surface area contributed by atoms with Crippen molar-refractivity contribution in [1.82, 2.24) is 4.90 Å². The van der Waals surface area contributed by atoms with E-state index < -0.39 is 28.8 Å². The van der Waals surface area contributed by atoms with Crippen molar-refractivity contribution in [3.63, 3.8) is 0 Å². The third kappa shape index (κ3) is 1.44. The molecular formula is C23H24N2O7. The van der Waals surface area contributed by atoms with Crippen molar-refractivity contribution in [1.29, 1.82) is 0 Å². The molecule has 4 bridgehead atoms. The number of rotatable bonds is 0. The quantitative estimate of drug-likeness (QED) is 0.607. The van der Waals surface area contributed by atoms with Crippen LogP contribution in [-0.2, 0) is 19.7 Å². The van der Waals surface area contributed by atoms with Crippen LogP contribution in [0.1, 0.15) is 37.7 Å². The van der Waals surface area contributed by atoms with Crippen LogP contribution in [-0.4, -0.2) is 66.4 Å². The van der Waals surface area contributed by atoms with Gasteiger partial charge in [0.1, 0.15) is 5.54 Å². The second-order valence-electron chi connectivity index (χ2n) is 10.5. The normalized spacial score (nSPS) is 46.1. The number of hydrogen-bond acceptors (Lipinski definition) is 8. The van der Waals surface area contributed by atoms with Gasteiger partial charge in [-0.1, -0.05) is 6.07 Å². The minimum Gasteiger partial charge on any atom is -0.454 e. The number of hydrogen-bond donors (Lipinski definition) is 1. The Morgan fingerprint density at radius 1 is 1.25 bits per heavy atom. The number of aliphatic hydroxyl groups is 1. The number of nitrogens with zero attached hydrogens (tertiary/aromatic N) is 2. The van der Waals surface area contributed by atoms with Crippen LogP contribution < -0.4 is 14.4 Å². The van der Waals surface area contributed by atoms with Crippen molar-refractivity contribution in [3.8, 4) is 11.5 Å². The number of ether oxygens (including phenoxy) is 4. The molecule has 5 heterocycles. The van der Waals surface area contributed by atoms with Crippen LogP contribution >= 0.6 is 0 Å². The lowest BCUT2D eigenvalue weighted by molar-refractivity contribution is -0.334. The highest BCUT2D eigenvalue weighted by Crippen LogP contribution is 2.80. The number of methoxy groups -OCH3 is 1.